The van der Waals surface area contributed by atoms with Gasteiger partial charge in [-0.1, -0.05) is 194 Å². The highest BCUT2D eigenvalue weighted by Crippen LogP contribution is 2.22. The van der Waals surface area contributed by atoms with Crippen molar-refractivity contribution in [1.82, 2.24) is 4.90 Å². The Morgan fingerprint density at radius 2 is 1.07 bits per heavy atom. The monoisotopic (exact) mass is 825 g/mol. The van der Waals surface area contributed by atoms with Crippen LogP contribution >= 0.6 is 0 Å². The minimum atomic E-state index is -4.42. The summed E-state index contributed by atoms with van der Waals surface area (Å²) in [5.41, 5.74) is 0. The van der Waals surface area contributed by atoms with Gasteiger partial charge >= 0.3 is 0 Å². The Balaban J connectivity index is 0.00000407. The van der Waals surface area contributed by atoms with Crippen molar-refractivity contribution in [2.75, 3.05) is 45.9 Å². The molecule has 0 N–H and O–H groups in total. The Hall–Kier alpha value is -1.54. The zero-order chi connectivity index (χ0) is 42.1. The fraction of sp³-hybridized carbons (Fsp3) is 0.936. The Bertz CT molecular complexity index is 1100. The van der Waals surface area contributed by atoms with E-state index in [9.17, 15) is 23.0 Å². The number of hydrogen-bond acceptors (Lipinski definition) is 7. The van der Waals surface area contributed by atoms with Crippen LogP contribution in [-0.4, -0.2) is 80.0 Å². The van der Waals surface area contributed by atoms with E-state index < -0.39 is 10.4 Å². The molecule has 1 unspecified atom stereocenters. The summed E-state index contributed by atoms with van der Waals surface area (Å²) in [6, 6.07) is 2.28. The average molecular weight is 825 g/mol. The van der Waals surface area contributed by atoms with E-state index in [1.54, 1.807) is 0 Å². The molecule has 0 aromatic rings. The fourth-order valence-electron chi connectivity index (χ4n) is 8.17. The van der Waals surface area contributed by atoms with Crippen molar-refractivity contribution in [2.24, 2.45) is 4.99 Å². The fourth-order valence-corrected chi connectivity index (χ4v) is 8.46. The Morgan fingerprint density at radius 1 is 0.667 bits per heavy atom. The number of quaternary nitrogens is 1. The van der Waals surface area contributed by atoms with Crippen LogP contribution in [0.15, 0.2) is 4.99 Å². The van der Waals surface area contributed by atoms with Crippen molar-refractivity contribution < 1.29 is 26.4 Å². The molecule has 1 heterocycles. The van der Waals surface area contributed by atoms with E-state index in [0.717, 1.165) is 56.5 Å². The summed E-state index contributed by atoms with van der Waals surface area (Å²) >= 11 is 0. The zero-order valence-electron chi connectivity index (χ0n) is 38.0. The van der Waals surface area contributed by atoms with Gasteiger partial charge in [0, 0.05) is 19.4 Å². The Kier molecular flexibility index (Phi) is 38.8. The smallest absolute Gasteiger partial charge is 0.222 e. The normalized spacial score (nSPS) is 15.3. The molecule has 57 heavy (non-hydrogen) atoms. The number of amidine groups is 1. The maximum atomic E-state index is 13.3. The van der Waals surface area contributed by atoms with Crippen molar-refractivity contribution in [1.29, 1.82) is 5.26 Å². The number of carbonyl (C=O) groups excluding carboxylic acids is 1. The third-order valence-corrected chi connectivity index (χ3v) is 12.4. The first-order chi connectivity index (χ1) is 27.7. The molecule has 9 nitrogen and oxygen atoms in total. The summed E-state index contributed by atoms with van der Waals surface area (Å²) in [5, 5.41) is 9.28. The van der Waals surface area contributed by atoms with Crippen molar-refractivity contribution >= 4 is 22.1 Å². The van der Waals surface area contributed by atoms with E-state index >= 15 is 0 Å². The van der Waals surface area contributed by atoms with E-state index in [1.165, 1.54) is 193 Å². The first-order valence-corrected chi connectivity index (χ1v) is 25.7. The van der Waals surface area contributed by atoms with Crippen LogP contribution in [0.2, 0.25) is 0 Å². The number of hydrogen-bond donors (Lipinski definition) is 0. The maximum Gasteiger partial charge on any atom is 0.222 e. The number of nitriles is 1. The van der Waals surface area contributed by atoms with Crippen LogP contribution in [0, 0.1) is 11.3 Å². The predicted molar refractivity (Wildman–Crippen MR) is 240 cm³/mol. The molecule has 10 heteroatoms. The van der Waals surface area contributed by atoms with E-state index in [4.69, 9.17) is 4.99 Å². The lowest BCUT2D eigenvalue weighted by Gasteiger charge is -2.36. The molecule has 0 aliphatic carbocycles. The lowest BCUT2D eigenvalue weighted by atomic mass is 10.0. The maximum absolute atomic E-state index is 13.3. The lowest BCUT2D eigenvalue weighted by Crippen LogP contribution is -2.54. The molecule has 1 rings (SSSR count). The van der Waals surface area contributed by atoms with Crippen LogP contribution < -0.4 is 0 Å². The molecule has 1 atom stereocenters. The van der Waals surface area contributed by atoms with Gasteiger partial charge in [-0.05, 0) is 26.7 Å². The van der Waals surface area contributed by atoms with E-state index in [-0.39, 0.29) is 12.5 Å². The van der Waals surface area contributed by atoms with Crippen molar-refractivity contribution in [3.05, 3.63) is 0 Å². The van der Waals surface area contributed by atoms with E-state index in [1.807, 2.05) is 4.90 Å². The van der Waals surface area contributed by atoms with Gasteiger partial charge in [-0.3, -0.25) is 13.5 Å². The number of rotatable bonds is 40. The van der Waals surface area contributed by atoms with Gasteiger partial charge in [0.15, 0.2) is 5.84 Å². The number of aliphatic imine (C=N–C) groups is 1. The number of carbonyl (C=O) groups is 1. The zero-order valence-corrected chi connectivity index (χ0v) is 38.8. The number of unbranched alkanes of at least 4 members (excludes halogenated alkanes) is 28. The molecule has 0 radical (unpaired) electrons. The quantitative estimate of drug-likeness (QED) is 0.0262. The summed E-state index contributed by atoms with van der Waals surface area (Å²) in [4.78, 5) is 20.3. The van der Waals surface area contributed by atoms with Crippen molar-refractivity contribution in [3.63, 3.8) is 0 Å². The second-order valence-electron chi connectivity index (χ2n) is 16.7. The molecule has 1 amide bonds. The van der Waals surface area contributed by atoms with Gasteiger partial charge in [0.05, 0.1) is 38.7 Å². The molecular formula is C47H92N4O5S. The van der Waals surface area contributed by atoms with Gasteiger partial charge in [-0.25, -0.2) is 13.4 Å². The minimum Gasteiger partial charge on any atom is -0.726 e. The number of likely N-dealkylation sites (N-methyl/N-ethyl adjacent to an activating group) is 1. The largest absolute Gasteiger partial charge is 0.726 e. The second-order valence-corrected chi connectivity index (χ2v) is 17.8. The van der Waals surface area contributed by atoms with Crippen molar-refractivity contribution in [2.45, 2.75) is 240 Å². The van der Waals surface area contributed by atoms with Gasteiger partial charge in [-0.2, -0.15) is 5.26 Å². The molecule has 1 aliphatic rings. The van der Waals surface area contributed by atoms with Gasteiger partial charge in [-0.15, -0.1) is 0 Å². The van der Waals surface area contributed by atoms with Gasteiger partial charge < -0.3 is 9.45 Å². The van der Waals surface area contributed by atoms with Crippen LogP contribution in [0.4, 0.5) is 0 Å². The van der Waals surface area contributed by atoms with Gasteiger partial charge in [0.25, 0.3) is 0 Å². The molecule has 0 bridgehead atoms. The highest BCUT2D eigenvalue weighted by Gasteiger charge is 2.36. The van der Waals surface area contributed by atoms with E-state index in [2.05, 4.69) is 31.0 Å². The summed E-state index contributed by atoms with van der Waals surface area (Å²) in [5.74, 6) is 1.63. The molecule has 0 spiro atoms. The minimum absolute atomic E-state index is 0.0914. The highest BCUT2D eigenvalue weighted by molar-refractivity contribution is 7.80. The topological polar surface area (TPSA) is 123 Å². The number of nitrogens with zero attached hydrogens (tertiary/aromatic N) is 4. The van der Waals surface area contributed by atoms with Gasteiger partial charge in [0.2, 0.25) is 16.3 Å². The second kappa shape index (κ2) is 39.9. The van der Waals surface area contributed by atoms with E-state index in [0.29, 0.717) is 19.4 Å². The average Bonchev–Trinajstić information content (AvgIpc) is 3.60. The highest BCUT2D eigenvalue weighted by atomic mass is 32.3. The summed E-state index contributed by atoms with van der Waals surface area (Å²) in [6.07, 6.45) is 43.2. The first kappa shape index (κ1) is 55.5. The molecule has 0 saturated carbocycles. The molecule has 0 fully saturated rings. The Labute approximate surface area is 354 Å². The molecular weight excluding hydrogens is 733 g/mol. The SMILES string of the molecule is CCCCCCCCCCCCCCCCCC(=O)N(CCC#N)CC[N+]1(CC)CCN=C1CCCCCCCCCCCCCCCCC.CCOS(=O)(=O)[O-]. The van der Waals surface area contributed by atoms with Crippen LogP contribution in [0.25, 0.3) is 0 Å². The van der Waals surface area contributed by atoms with Crippen LogP contribution in [0.5, 0.6) is 0 Å². The summed E-state index contributed by atoms with van der Waals surface area (Å²) in [6.45, 7) is 13.5. The van der Waals surface area contributed by atoms with Crippen LogP contribution in [0.1, 0.15) is 240 Å². The van der Waals surface area contributed by atoms with Crippen LogP contribution in [0.3, 0.4) is 0 Å². The third kappa shape index (κ3) is 33.9. The summed E-state index contributed by atoms with van der Waals surface area (Å²) < 4.78 is 33.0. The lowest BCUT2D eigenvalue weighted by molar-refractivity contribution is -0.833. The number of amides is 1. The Morgan fingerprint density at radius 3 is 1.42 bits per heavy atom. The molecule has 0 saturated heterocycles. The van der Waals surface area contributed by atoms with Crippen LogP contribution in [-0.2, 0) is 19.4 Å². The van der Waals surface area contributed by atoms with Gasteiger partial charge in [0.1, 0.15) is 13.1 Å². The summed E-state index contributed by atoms with van der Waals surface area (Å²) in [7, 11) is -4.42. The predicted octanol–water partition coefficient (Wildman–Crippen LogP) is 13.0. The third-order valence-electron chi connectivity index (χ3n) is 11.9. The molecule has 336 valence electrons. The first-order valence-electron chi connectivity index (χ1n) is 24.3. The van der Waals surface area contributed by atoms with Crippen molar-refractivity contribution in [3.8, 4) is 6.07 Å². The molecule has 0 aromatic carbocycles. The molecule has 1 aliphatic heterocycles. The standard InChI is InChI=1S/C45H87N4O.C2H6O4S/c1-4-7-9-11-13-15-17-19-21-23-25-27-29-31-33-36-44-47-39-42-49(44,6-3)43-41-48(40-35-38-46)45(50)37-34-32-30-28-26-24-22-20-18-16-14-12-10-8-5-2;1-2-6-7(3,4)5/h4-37,39-43H2,1-3H3;2H2,1H3,(H,3,4,5)/q+1;/p-1. The molecule has 0 aromatic heterocycles.